The topological polar surface area (TPSA) is 85.3 Å². The number of benzene rings is 1. The van der Waals surface area contributed by atoms with Gasteiger partial charge in [0.15, 0.2) is 0 Å². The highest BCUT2D eigenvalue weighted by Crippen LogP contribution is 2.35. The Labute approximate surface area is 159 Å². The molecule has 0 unspecified atom stereocenters. The van der Waals surface area contributed by atoms with Gasteiger partial charge in [-0.05, 0) is 61.4 Å². The standard InChI is InChI=1S/C19H17ClN2O3S/c1-11-10-12(19(21)25)2-5-14(11)22-13(4-9-18(23)24)3-6-15(22)16-7-8-17(20)26-16/h2-3,5-8,10H,4,9H2,1H3,(H2,21,25)(H,23,24). The molecule has 0 aliphatic rings. The molecule has 5 nitrogen and oxygen atoms in total. The first-order chi connectivity index (χ1) is 12.4. The molecule has 0 atom stereocenters. The number of carbonyl (C=O) groups is 2. The van der Waals surface area contributed by atoms with Crippen LogP contribution >= 0.6 is 22.9 Å². The number of aliphatic carboxylic acids is 1. The number of amides is 1. The van der Waals surface area contributed by atoms with Crippen LogP contribution < -0.4 is 5.73 Å². The van der Waals surface area contributed by atoms with Gasteiger partial charge in [0.2, 0.25) is 5.91 Å². The Hall–Kier alpha value is -2.57. The number of nitrogens with two attached hydrogens (primary N) is 1. The number of hydrogen-bond donors (Lipinski definition) is 2. The lowest BCUT2D eigenvalue weighted by atomic mass is 10.1. The molecule has 3 rings (SSSR count). The maximum absolute atomic E-state index is 11.4. The third-order valence-electron chi connectivity index (χ3n) is 4.10. The van der Waals surface area contributed by atoms with E-state index in [9.17, 15) is 9.59 Å². The first-order valence-corrected chi connectivity index (χ1v) is 9.15. The van der Waals surface area contributed by atoms with Crippen LogP contribution in [0.1, 0.15) is 28.0 Å². The van der Waals surface area contributed by atoms with Crippen molar-refractivity contribution in [2.24, 2.45) is 5.73 Å². The summed E-state index contributed by atoms with van der Waals surface area (Å²) in [6, 6.07) is 12.9. The molecule has 0 aliphatic heterocycles. The number of carboxylic acid groups (broad SMARTS) is 1. The van der Waals surface area contributed by atoms with E-state index in [0.717, 1.165) is 27.5 Å². The second kappa shape index (κ2) is 7.35. The number of carboxylic acids is 1. The van der Waals surface area contributed by atoms with Gasteiger partial charge in [-0.1, -0.05) is 11.6 Å². The van der Waals surface area contributed by atoms with Crippen LogP contribution in [-0.4, -0.2) is 21.6 Å². The molecular weight excluding hydrogens is 372 g/mol. The van der Waals surface area contributed by atoms with Crippen LogP contribution in [0.2, 0.25) is 4.34 Å². The van der Waals surface area contributed by atoms with Crippen molar-refractivity contribution >= 4 is 34.8 Å². The average molecular weight is 389 g/mol. The summed E-state index contributed by atoms with van der Waals surface area (Å²) in [6.07, 6.45) is 0.429. The smallest absolute Gasteiger partial charge is 0.303 e. The van der Waals surface area contributed by atoms with E-state index in [4.69, 9.17) is 22.4 Å². The summed E-state index contributed by atoms with van der Waals surface area (Å²) in [5, 5.41) is 9.04. The number of nitrogens with zero attached hydrogens (tertiary/aromatic N) is 1. The number of thiophene rings is 1. The zero-order valence-electron chi connectivity index (χ0n) is 14.0. The van der Waals surface area contributed by atoms with Crippen molar-refractivity contribution in [2.45, 2.75) is 19.8 Å². The van der Waals surface area contributed by atoms with E-state index in [1.165, 1.54) is 11.3 Å². The number of carbonyl (C=O) groups excluding carboxylic acids is 1. The lowest BCUT2D eigenvalue weighted by Gasteiger charge is -2.16. The van der Waals surface area contributed by atoms with Crippen LogP contribution in [0.25, 0.3) is 16.3 Å². The van der Waals surface area contributed by atoms with Crippen molar-refractivity contribution in [1.29, 1.82) is 0 Å². The zero-order valence-corrected chi connectivity index (χ0v) is 15.6. The Kier molecular flexibility index (Phi) is 5.15. The summed E-state index contributed by atoms with van der Waals surface area (Å²) in [4.78, 5) is 23.4. The van der Waals surface area contributed by atoms with E-state index in [1.807, 2.05) is 41.8 Å². The van der Waals surface area contributed by atoms with Gasteiger partial charge in [0.05, 0.1) is 21.3 Å². The van der Waals surface area contributed by atoms with Gasteiger partial charge in [0.1, 0.15) is 0 Å². The van der Waals surface area contributed by atoms with Gasteiger partial charge in [-0.25, -0.2) is 0 Å². The van der Waals surface area contributed by atoms with Crippen LogP contribution in [0.5, 0.6) is 0 Å². The highest BCUT2D eigenvalue weighted by Gasteiger charge is 2.16. The SMILES string of the molecule is Cc1cc(C(N)=O)ccc1-n1c(CCC(=O)O)ccc1-c1ccc(Cl)s1. The molecule has 0 aliphatic carbocycles. The molecule has 26 heavy (non-hydrogen) atoms. The fraction of sp³-hybridized carbons (Fsp3) is 0.158. The van der Waals surface area contributed by atoms with Gasteiger partial charge in [-0.15, -0.1) is 11.3 Å². The second-order valence-corrected chi connectivity index (χ2v) is 7.62. The van der Waals surface area contributed by atoms with Gasteiger partial charge in [-0.2, -0.15) is 0 Å². The number of aryl methyl sites for hydroxylation is 2. The van der Waals surface area contributed by atoms with Gasteiger partial charge in [0, 0.05) is 16.9 Å². The predicted octanol–water partition coefficient (Wildman–Crippen LogP) is 4.28. The Morgan fingerprint density at radius 2 is 1.96 bits per heavy atom. The first kappa shape index (κ1) is 18.2. The number of hydrogen-bond acceptors (Lipinski definition) is 3. The Morgan fingerprint density at radius 1 is 1.19 bits per heavy atom. The molecule has 2 heterocycles. The Balaban J connectivity index is 2.15. The second-order valence-electron chi connectivity index (χ2n) is 5.91. The Morgan fingerprint density at radius 3 is 2.54 bits per heavy atom. The van der Waals surface area contributed by atoms with E-state index in [1.54, 1.807) is 12.1 Å². The van der Waals surface area contributed by atoms with E-state index in [-0.39, 0.29) is 6.42 Å². The normalized spacial score (nSPS) is 10.8. The monoisotopic (exact) mass is 388 g/mol. The number of primary amides is 1. The third-order valence-corrected chi connectivity index (χ3v) is 5.36. The highest BCUT2D eigenvalue weighted by molar-refractivity contribution is 7.19. The molecule has 0 saturated heterocycles. The summed E-state index contributed by atoms with van der Waals surface area (Å²) in [7, 11) is 0. The molecule has 3 aromatic rings. The largest absolute Gasteiger partial charge is 0.481 e. The Bertz CT molecular complexity index is 991. The minimum Gasteiger partial charge on any atom is -0.481 e. The minimum atomic E-state index is -0.848. The fourth-order valence-electron chi connectivity index (χ4n) is 2.90. The van der Waals surface area contributed by atoms with E-state index in [2.05, 4.69) is 0 Å². The summed E-state index contributed by atoms with van der Waals surface area (Å²) < 4.78 is 2.70. The molecule has 0 bridgehead atoms. The zero-order chi connectivity index (χ0) is 18.8. The van der Waals surface area contributed by atoms with Crippen LogP contribution in [0.4, 0.5) is 0 Å². The maximum atomic E-state index is 11.4. The molecule has 1 aromatic carbocycles. The van der Waals surface area contributed by atoms with Crippen molar-refractivity contribution in [1.82, 2.24) is 4.57 Å². The summed E-state index contributed by atoms with van der Waals surface area (Å²) >= 11 is 7.54. The molecular formula is C19H17ClN2O3S. The third kappa shape index (κ3) is 3.66. The van der Waals surface area contributed by atoms with E-state index in [0.29, 0.717) is 16.3 Å². The lowest BCUT2D eigenvalue weighted by Crippen LogP contribution is -2.12. The van der Waals surface area contributed by atoms with Crippen molar-refractivity contribution in [2.75, 3.05) is 0 Å². The van der Waals surface area contributed by atoms with Crippen molar-refractivity contribution < 1.29 is 14.7 Å². The van der Waals surface area contributed by atoms with Crippen LogP contribution in [-0.2, 0) is 11.2 Å². The molecule has 0 fully saturated rings. The first-order valence-electron chi connectivity index (χ1n) is 7.96. The summed E-state index contributed by atoms with van der Waals surface area (Å²) in [5.41, 5.74) is 9.35. The van der Waals surface area contributed by atoms with Crippen LogP contribution in [0, 0.1) is 6.92 Å². The minimum absolute atomic E-state index is 0.0348. The van der Waals surface area contributed by atoms with Gasteiger partial charge >= 0.3 is 5.97 Å². The number of halogens is 1. The van der Waals surface area contributed by atoms with Crippen molar-refractivity contribution in [3.8, 4) is 16.3 Å². The molecule has 3 N–H and O–H groups in total. The predicted molar refractivity (Wildman–Crippen MR) is 103 cm³/mol. The molecule has 2 aromatic heterocycles. The van der Waals surface area contributed by atoms with E-state index < -0.39 is 11.9 Å². The molecule has 0 radical (unpaired) electrons. The molecule has 0 saturated carbocycles. The fourth-order valence-corrected chi connectivity index (χ4v) is 3.96. The van der Waals surface area contributed by atoms with Gasteiger partial charge in [-0.3, -0.25) is 9.59 Å². The number of rotatable bonds is 6. The quantitative estimate of drug-likeness (QED) is 0.660. The highest BCUT2D eigenvalue weighted by atomic mass is 35.5. The molecule has 0 spiro atoms. The van der Waals surface area contributed by atoms with Crippen molar-refractivity contribution in [3.63, 3.8) is 0 Å². The molecule has 134 valence electrons. The molecule has 7 heteroatoms. The van der Waals surface area contributed by atoms with E-state index >= 15 is 0 Å². The van der Waals surface area contributed by atoms with Crippen molar-refractivity contribution in [3.05, 3.63) is 63.6 Å². The van der Waals surface area contributed by atoms with Gasteiger partial charge in [0.25, 0.3) is 0 Å². The lowest BCUT2D eigenvalue weighted by molar-refractivity contribution is -0.136. The number of aromatic nitrogens is 1. The average Bonchev–Trinajstić information content (AvgIpc) is 3.18. The van der Waals surface area contributed by atoms with Crippen LogP contribution in [0.15, 0.2) is 42.5 Å². The van der Waals surface area contributed by atoms with Crippen LogP contribution in [0.3, 0.4) is 0 Å². The molecule has 1 amide bonds. The summed E-state index contributed by atoms with van der Waals surface area (Å²) in [6.45, 7) is 1.90. The maximum Gasteiger partial charge on any atom is 0.303 e. The summed E-state index contributed by atoms with van der Waals surface area (Å²) in [5.74, 6) is -1.33. The van der Waals surface area contributed by atoms with Gasteiger partial charge < -0.3 is 15.4 Å².